The molecule has 1 fully saturated rings. The van der Waals surface area contributed by atoms with Crippen molar-refractivity contribution < 1.29 is 22.5 Å². The Bertz CT molecular complexity index is 604. The first-order valence-electron chi connectivity index (χ1n) is 8.02. The van der Waals surface area contributed by atoms with Crippen LogP contribution in [-0.4, -0.2) is 26.5 Å². The van der Waals surface area contributed by atoms with Crippen molar-refractivity contribution in [2.24, 2.45) is 11.3 Å². The van der Waals surface area contributed by atoms with Crippen LogP contribution < -0.4 is 0 Å². The number of alkyl halides is 3. The van der Waals surface area contributed by atoms with Gasteiger partial charge in [0.2, 0.25) is 0 Å². The Morgan fingerprint density at radius 2 is 2.12 bits per heavy atom. The number of aliphatic hydroxyl groups is 1. The maximum atomic E-state index is 13.3. The molecule has 134 valence electrons. The maximum Gasteiger partial charge on any atom is 0.400 e. The summed E-state index contributed by atoms with van der Waals surface area (Å²) >= 11 is 0. The van der Waals surface area contributed by atoms with E-state index in [2.05, 4.69) is 6.58 Å². The average molecular weight is 360 g/mol. The molecule has 0 bridgehead atoms. The highest BCUT2D eigenvalue weighted by molar-refractivity contribution is 7.85. The largest absolute Gasteiger partial charge is 0.513 e. The van der Waals surface area contributed by atoms with E-state index in [1.807, 2.05) is 0 Å². The fraction of sp³-hybridized carbons (Fsp3) is 0.556. The number of aliphatic hydroxyl groups excluding tert-OH is 1. The predicted octanol–water partition coefficient (Wildman–Crippen LogP) is 4.99. The molecular weight excluding hydrogens is 337 g/mol. The number of allylic oxidation sites excluding steroid dienone is 7. The molecule has 0 radical (unpaired) electrons. The summed E-state index contributed by atoms with van der Waals surface area (Å²) in [4.78, 5) is 0. The van der Waals surface area contributed by atoms with E-state index in [0.717, 1.165) is 12.8 Å². The topological polar surface area (TPSA) is 37.3 Å². The molecule has 2 rings (SSSR count). The zero-order valence-electron chi connectivity index (χ0n) is 13.7. The van der Waals surface area contributed by atoms with Gasteiger partial charge >= 0.3 is 6.18 Å². The summed E-state index contributed by atoms with van der Waals surface area (Å²) in [5.41, 5.74) is -1.30. The van der Waals surface area contributed by atoms with Crippen LogP contribution in [0.4, 0.5) is 13.2 Å². The quantitative estimate of drug-likeness (QED) is 0.702. The standard InChI is InChI=1S/C18H23F3O2S/c1-13(22)8-10-24(23)16-7-6-14(11-16)15-5-3-4-9-17(2,12-15)18(19,20)21/h3-5,9,12,14,16,22H,1,6-8,10-11H2,2H3. The summed E-state index contributed by atoms with van der Waals surface area (Å²) in [6.07, 6.45) is 5.34. The molecule has 4 atom stereocenters. The van der Waals surface area contributed by atoms with Crippen molar-refractivity contribution in [3.63, 3.8) is 0 Å². The lowest BCUT2D eigenvalue weighted by Crippen LogP contribution is -2.31. The second-order valence-corrected chi connectivity index (χ2v) is 8.51. The van der Waals surface area contributed by atoms with Crippen LogP contribution in [0.2, 0.25) is 0 Å². The van der Waals surface area contributed by atoms with Crippen molar-refractivity contribution in [1.82, 2.24) is 0 Å². The Morgan fingerprint density at radius 3 is 2.75 bits per heavy atom. The van der Waals surface area contributed by atoms with Crippen LogP contribution >= 0.6 is 0 Å². The lowest BCUT2D eigenvalue weighted by Gasteiger charge is -2.27. The fourth-order valence-corrected chi connectivity index (χ4v) is 4.78. The average Bonchev–Trinajstić information content (AvgIpc) is 2.88. The van der Waals surface area contributed by atoms with Crippen LogP contribution in [0.3, 0.4) is 0 Å². The molecule has 0 aliphatic heterocycles. The van der Waals surface area contributed by atoms with Gasteiger partial charge in [-0.2, -0.15) is 13.2 Å². The third-order valence-corrected chi connectivity index (χ3v) is 6.52. The normalized spacial score (nSPS) is 31.6. The minimum Gasteiger partial charge on any atom is -0.513 e. The molecule has 2 aliphatic rings. The molecule has 0 aromatic rings. The van der Waals surface area contributed by atoms with Gasteiger partial charge in [0, 0.05) is 28.2 Å². The van der Waals surface area contributed by atoms with Gasteiger partial charge in [-0.1, -0.05) is 37.0 Å². The molecule has 0 saturated heterocycles. The fourth-order valence-electron chi connectivity index (χ4n) is 3.16. The minimum absolute atomic E-state index is 0.00546. The number of halogens is 3. The smallest absolute Gasteiger partial charge is 0.400 e. The highest BCUT2D eigenvalue weighted by atomic mass is 32.2. The zero-order chi connectivity index (χ0) is 18.0. The second-order valence-electron chi connectivity index (χ2n) is 6.68. The summed E-state index contributed by atoms with van der Waals surface area (Å²) in [6, 6.07) is 0. The van der Waals surface area contributed by atoms with E-state index in [0.29, 0.717) is 24.2 Å². The van der Waals surface area contributed by atoms with Gasteiger partial charge in [0.25, 0.3) is 0 Å². The number of hydrogen-bond donors (Lipinski definition) is 1. The van der Waals surface area contributed by atoms with Crippen molar-refractivity contribution >= 4 is 10.8 Å². The Labute approximate surface area is 143 Å². The van der Waals surface area contributed by atoms with Crippen molar-refractivity contribution in [3.05, 3.63) is 48.3 Å². The molecule has 0 heterocycles. The van der Waals surface area contributed by atoms with E-state index < -0.39 is 22.4 Å². The first-order chi connectivity index (χ1) is 11.1. The molecule has 4 unspecified atom stereocenters. The molecule has 0 amide bonds. The summed E-state index contributed by atoms with van der Waals surface area (Å²) < 4.78 is 52.3. The van der Waals surface area contributed by atoms with Gasteiger partial charge in [0.1, 0.15) is 5.41 Å². The van der Waals surface area contributed by atoms with E-state index in [-0.39, 0.29) is 16.9 Å². The van der Waals surface area contributed by atoms with Crippen LogP contribution in [0.15, 0.2) is 48.3 Å². The van der Waals surface area contributed by atoms with Gasteiger partial charge in [0.15, 0.2) is 0 Å². The molecule has 6 heteroatoms. The van der Waals surface area contributed by atoms with Crippen LogP contribution in [0.25, 0.3) is 0 Å². The minimum atomic E-state index is -4.34. The summed E-state index contributed by atoms with van der Waals surface area (Å²) in [7, 11) is -1.09. The predicted molar refractivity (Wildman–Crippen MR) is 91.0 cm³/mol. The third-order valence-electron chi connectivity index (χ3n) is 4.74. The van der Waals surface area contributed by atoms with E-state index in [1.54, 1.807) is 12.2 Å². The Morgan fingerprint density at radius 1 is 1.42 bits per heavy atom. The van der Waals surface area contributed by atoms with E-state index in [1.165, 1.54) is 25.2 Å². The van der Waals surface area contributed by atoms with Crippen molar-refractivity contribution in [2.75, 3.05) is 5.75 Å². The van der Waals surface area contributed by atoms with Gasteiger partial charge in [-0.3, -0.25) is 4.21 Å². The van der Waals surface area contributed by atoms with Gasteiger partial charge in [-0.05, 0) is 37.7 Å². The Balaban J connectivity index is 2.09. The molecule has 0 aromatic heterocycles. The highest BCUT2D eigenvalue weighted by Gasteiger charge is 2.48. The summed E-state index contributed by atoms with van der Waals surface area (Å²) in [5.74, 6) is 0.358. The first-order valence-corrected chi connectivity index (χ1v) is 9.40. The SMILES string of the molecule is C=C(O)CCS(=O)C1CCC(C2=CC(C)(C(F)(F)F)C=CC=C2)C1. The summed E-state index contributed by atoms with van der Waals surface area (Å²) in [5, 5.41) is 9.07. The number of hydrogen-bond acceptors (Lipinski definition) is 2. The molecule has 2 nitrogen and oxygen atoms in total. The third kappa shape index (κ3) is 4.41. The molecular formula is C18H23F3O2S. The van der Waals surface area contributed by atoms with Crippen LogP contribution in [-0.2, 0) is 10.8 Å². The molecule has 0 aromatic carbocycles. The van der Waals surface area contributed by atoms with Crippen LogP contribution in [0.1, 0.15) is 32.6 Å². The van der Waals surface area contributed by atoms with Crippen LogP contribution in [0.5, 0.6) is 0 Å². The Hall–Kier alpha value is -1.30. The van der Waals surface area contributed by atoms with Gasteiger partial charge in [-0.25, -0.2) is 0 Å². The maximum absolute atomic E-state index is 13.3. The van der Waals surface area contributed by atoms with Gasteiger partial charge in [-0.15, -0.1) is 0 Å². The van der Waals surface area contributed by atoms with E-state index in [9.17, 15) is 17.4 Å². The van der Waals surface area contributed by atoms with Crippen molar-refractivity contribution in [2.45, 2.75) is 44.0 Å². The van der Waals surface area contributed by atoms with Gasteiger partial charge < -0.3 is 5.11 Å². The first kappa shape index (κ1) is 19.0. The lowest BCUT2D eigenvalue weighted by molar-refractivity contribution is -0.183. The molecule has 0 spiro atoms. The van der Waals surface area contributed by atoms with Crippen LogP contribution in [0, 0.1) is 11.3 Å². The molecule has 2 aliphatic carbocycles. The summed E-state index contributed by atoms with van der Waals surface area (Å²) in [6.45, 7) is 4.56. The molecule has 1 saturated carbocycles. The van der Waals surface area contributed by atoms with E-state index >= 15 is 0 Å². The highest BCUT2D eigenvalue weighted by Crippen LogP contribution is 2.45. The second kappa shape index (κ2) is 7.30. The van der Waals surface area contributed by atoms with Gasteiger partial charge in [0.05, 0.1) is 5.76 Å². The molecule has 1 N–H and O–H groups in total. The molecule has 24 heavy (non-hydrogen) atoms. The van der Waals surface area contributed by atoms with Crippen molar-refractivity contribution in [3.8, 4) is 0 Å². The lowest BCUT2D eigenvalue weighted by atomic mass is 9.84. The zero-order valence-corrected chi connectivity index (χ0v) is 14.5. The Kier molecular flexibility index (Phi) is 5.78. The monoisotopic (exact) mass is 360 g/mol. The van der Waals surface area contributed by atoms with E-state index in [4.69, 9.17) is 5.11 Å². The van der Waals surface area contributed by atoms with Crippen molar-refractivity contribution in [1.29, 1.82) is 0 Å². The number of rotatable bonds is 5.